The van der Waals surface area contributed by atoms with Gasteiger partial charge < -0.3 is 9.84 Å². The van der Waals surface area contributed by atoms with Crippen LogP contribution in [0.4, 0.5) is 0 Å². The van der Waals surface area contributed by atoms with Crippen molar-refractivity contribution in [1.29, 1.82) is 0 Å². The van der Waals surface area contributed by atoms with Gasteiger partial charge in [0, 0.05) is 12.0 Å². The molecule has 2 rings (SSSR count). The lowest BCUT2D eigenvalue weighted by Crippen LogP contribution is -2.33. The van der Waals surface area contributed by atoms with Gasteiger partial charge in [-0.15, -0.1) is 0 Å². The van der Waals surface area contributed by atoms with Gasteiger partial charge >= 0.3 is 0 Å². The Morgan fingerprint density at radius 3 is 3.00 bits per heavy atom. The van der Waals surface area contributed by atoms with E-state index < -0.39 is 0 Å². The van der Waals surface area contributed by atoms with Crippen LogP contribution in [0.1, 0.15) is 31.4 Å². The van der Waals surface area contributed by atoms with E-state index in [1.54, 1.807) is 0 Å². The number of aliphatic hydroxyl groups excluding tert-OH is 1. The first-order valence-electron chi connectivity index (χ1n) is 6.21. The summed E-state index contributed by atoms with van der Waals surface area (Å²) in [7, 11) is 0. The normalized spacial score (nSPS) is 15.2. The van der Waals surface area contributed by atoms with Gasteiger partial charge in [0.25, 0.3) is 0 Å². The molecule has 0 radical (unpaired) electrons. The lowest BCUT2D eigenvalue weighted by Gasteiger charge is -2.27. The Morgan fingerprint density at radius 1 is 1.41 bits per heavy atom. The van der Waals surface area contributed by atoms with E-state index in [-0.39, 0.29) is 12.1 Å². The molecule has 0 aromatic heterocycles. The van der Waals surface area contributed by atoms with Crippen molar-refractivity contribution in [2.24, 2.45) is 0 Å². The Morgan fingerprint density at radius 2 is 2.24 bits per heavy atom. The number of fused-ring (bicyclic) bond motifs is 1. The van der Waals surface area contributed by atoms with E-state index in [2.05, 4.69) is 37.4 Å². The predicted octanol–water partition coefficient (Wildman–Crippen LogP) is 1.83. The van der Waals surface area contributed by atoms with Crippen LogP contribution in [-0.4, -0.2) is 25.0 Å². The quantitative estimate of drug-likeness (QED) is 0.782. The molecule has 0 aliphatic carbocycles. The van der Waals surface area contributed by atoms with Crippen LogP contribution in [0.5, 0.6) is 5.75 Å². The SMILES string of the molecule is CC(C)(CNCO)c1ccc2c(c1)CCCO2. The maximum Gasteiger partial charge on any atom is 0.122 e. The number of hydrogen-bond acceptors (Lipinski definition) is 3. The number of aryl methyl sites for hydroxylation is 1. The van der Waals surface area contributed by atoms with E-state index >= 15 is 0 Å². The molecule has 0 saturated carbocycles. The van der Waals surface area contributed by atoms with E-state index in [0.29, 0.717) is 0 Å². The second-order valence-electron chi connectivity index (χ2n) is 5.24. The number of ether oxygens (including phenoxy) is 1. The van der Waals surface area contributed by atoms with Crippen LogP contribution in [0.25, 0.3) is 0 Å². The number of hydrogen-bond donors (Lipinski definition) is 2. The van der Waals surface area contributed by atoms with Gasteiger partial charge in [-0.2, -0.15) is 0 Å². The number of nitrogens with one attached hydrogen (secondary N) is 1. The maximum atomic E-state index is 8.84. The van der Waals surface area contributed by atoms with Gasteiger partial charge in [0.15, 0.2) is 0 Å². The zero-order chi connectivity index (χ0) is 12.3. The van der Waals surface area contributed by atoms with Crippen LogP contribution < -0.4 is 10.1 Å². The van der Waals surface area contributed by atoms with Crippen molar-refractivity contribution < 1.29 is 9.84 Å². The van der Waals surface area contributed by atoms with Gasteiger partial charge in [-0.25, -0.2) is 0 Å². The topological polar surface area (TPSA) is 41.5 Å². The Labute approximate surface area is 103 Å². The highest BCUT2D eigenvalue weighted by Crippen LogP contribution is 2.30. The summed E-state index contributed by atoms with van der Waals surface area (Å²) in [6, 6.07) is 6.45. The zero-order valence-electron chi connectivity index (χ0n) is 10.6. The Hall–Kier alpha value is -1.06. The summed E-state index contributed by atoms with van der Waals surface area (Å²) in [6.07, 6.45) is 2.21. The molecule has 0 saturated heterocycles. The van der Waals surface area contributed by atoms with Crippen molar-refractivity contribution in [3.63, 3.8) is 0 Å². The monoisotopic (exact) mass is 235 g/mol. The molecule has 1 aliphatic rings. The molecular weight excluding hydrogens is 214 g/mol. The molecule has 0 atom stereocenters. The van der Waals surface area contributed by atoms with Crippen molar-refractivity contribution in [3.8, 4) is 5.75 Å². The largest absolute Gasteiger partial charge is 0.493 e. The van der Waals surface area contributed by atoms with Gasteiger partial charge in [-0.1, -0.05) is 26.0 Å². The lowest BCUT2D eigenvalue weighted by molar-refractivity contribution is 0.247. The molecule has 1 aromatic rings. The van der Waals surface area contributed by atoms with Crippen molar-refractivity contribution in [1.82, 2.24) is 5.32 Å². The van der Waals surface area contributed by atoms with Crippen LogP contribution in [0.3, 0.4) is 0 Å². The van der Waals surface area contributed by atoms with Gasteiger partial charge in [0.05, 0.1) is 13.3 Å². The third-order valence-electron chi connectivity index (χ3n) is 3.37. The van der Waals surface area contributed by atoms with E-state index in [9.17, 15) is 0 Å². The Balaban J connectivity index is 2.20. The highest BCUT2D eigenvalue weighted by Gasteiger charge is 2.22. The molecule has 1 heterocycles. The molecular formula is C14H21NO2. The number of rotatable bonds is 4. The minimum atomic E-state index is 0.0230. The Kier molecular flexibility index (Phi) is 3.69. The van der Waals surface area contributed by atoms with Crippen LogP contribution in [-0.2, 0) is 11.8 Å². The van der Waals surface area contributed by atoms with Crippen molar-refractivity contribution in [3.05, 3.63) is 29.3 Å². The first kappa shape index (κ1) is 12.4. The summed E-state index contributed by atoms with van der Waals surface area (Å²) in [4.78, 5) is 0. The Bertz CT molecular complexity index is 388. The minimum Gasteiger partial charge on any atom is -0.493 e. The van der Waals surface area contributed by atoms with E-state index in [0.717, 1.165) is 31.7 Å². The lowest BCUT2D eigenvalue weighted by atomic mass is 9.83. The second-order valence-corrected chi connectivity index (χ2v) is 5.24. The fraction of sp³-hybridized carbons (Fsp3) is 0.571. The first-order chi connectivity index (χ1) is 8.13. The predicted molar refractivity (Wildman–Crippen MR) is 68.4 cm³/mol. The zero-order valence-corrected chi connectivity index (χ0v) is 10.6. The molecule has 3 nitrogen and oxygen atoms in total. The van der Waals surface area contributed by atoms with E-state index in [1.807, 2.05) is 0 Å². The molecule has 0 unspecified atom stereocenters. The van der Waals surface area contributed by atoms with Crippen LogP contribution >= 0.6 is 0 Å². The van der Waals surface area contributed by atoms with E-state index in [4.69, 9.17) is 9.84 Å². The van der Waals surface area contributed by atoms with Crippen molar-refractivity contribution in [2.45, 2.75) is 32.1 Å². The van der Waals surface area contributed by atoms with Gasteiger partial charge in [-0.05, 0) is 30.0 Å². The minimum absolute atomic E-state index is 0.0230. The average molecular weight is 235 g/mol. The highest BCUT2D eigenvalue weighted by molar-refractivity contribution is 5.41. The molecule has 2 N–H and O–H groups in total. The smallest absolute Gasteiger partial charge is 0.122 e. The second kappa shape index (κ2) is 5.07. The molecule has 0 fully saturated rings. The number of benzene rings is 1. The standard InChI is InChI=1S/C14H21NO2/c1-14(2,9-15-10-16)12-5-6-13-11(8-12)4-3-7-17-13/h5-6,8,15-16H,3-4,7,9-10H2,1-2H3. The van der Waals surface area contributed by atoms with E-state index in [1.165, 1.54) is 11.1 Å². The van der Waals surface area contributed by atoms with Gasteiger partial charge in [0.1, 0.15) is 5.75 Å². The molecule has 17 heavy (non-hydrogen) atoms. The van der Waals surface area contributed by atoms with Crippen LogP contribution in [0.2, 0.25) is 0 Å². The molecule has 94 valence electrons. The molecule has 0 spiro atoms. The summed E-state index contributed by atoms with van der Waals surface area (Å²) >= 11 is 0. The van der Waals surface area contributed by atoms with Crippen LogP contribution in [0, 0.1) is 0 Å². The summed E-state index contributed by atoms with van der Waals surface area (Å²) < 4.78 is 5.62. The number of aliphatic hydroxyl groups is 1. The van der Waals surface area contributed by atoms with Crippen molar-refractivity contribution in [2.75, 3.05) is 19.9 Å². The fourth-order valence-electron chi connectivity index (χ4n) is 2.25. The molecule has 1 aliphatic heterocycles. The molecule has 0 bridgehead atoms. The first-order valence-corrected chi connectivity index (χ1v) is 6.21. The highest BCUT2D eigenvalue weighted by atomic mass is 16.5. The summed E-state index contributed by atoms with van der Waals surface area (Å²) in [5.74, 6) is 1.03. The van der Waals surface area contributed by atoms with Crippen molar-refractivity contribution >= 4 is 0 Å². The fourth-order valence-corrected chi connectivity index (χ4v) is 2.25. The molecule has 3 heteroatoms. The summed E-state index contributed by atoms with van der Waals surface area (Å²) in [6.45, 7) is 5.99. The summed E-state index contributed by atoms with van der Waals surface area (Å²) in [5.41, 5.74) is 2.63. The van der Waals surface area contributed by atoms with Gasteiger partial charge in [0.2, 0.25) is 0 Å². The van der Waals surface area contributed by atoms with Crippen LogP contribution in [0.15, 0.2) is 18.2 Å². The maximum absolute atomic E-state index is 8.84. The summed E-state index contributed by atoms with van der Waals surface area (Å²) in [5, 5.41) is 11.8. The average Bonchev–Trinajstić information content (AvgIpc) is 2.36. The third kappa shape index (κ3) is 2.79. The van der Waals surface area contributed by atoms with Gasteiger partial charge in [-0.3, -0.25) is 5.32 Å². The molecule has 1 aromatic carbocycles. The third-order valence-corrected chi connectivity index (χ3v) is 3.37. The molecule has 0 amide bonds.